The van der Waals surface area contributed by atoms with Crippen molar-refractivity contribution in [1.82, 2.24) is 0 Å². The second kappa shape index (κ2) is 8.14. The van der Waals surface area contributed by atoms with Crippen molar-refractivity contribution in [2.24, 2.45) is 4.99 Å². The maximum Gasteiger partial charge on any atom is 0.0361 e. The molecule has 0 saturated carbocycles. The van der Waals surface area contributed by atoms with Crippen molar-refractivity contribution in [2.45, 2.75) is 45.4 Å². The predicted octanol–water partition coefficient (Wildman–Crippen LogP) is 6.78. The van der Waals surface area contributed by atoms with E-state index < -0.39 is 0 Å². The molecule has 0 aliphatic rings. The van der Waals surface area contributed by atoms with E-state index in [4.69, 9.17) is 0 Å². The Hall–Kier alpha value is -2.67. The van der Waals surface area contributed by atoms with Crippen molar-refractivity contribution < 1.29 is 0 Å². The van der Waals surface area contributed by atoms with Gasteiger partial charge in [-0.15, -0.1) is 0 Å². The minimum Gasteiger partial charge on any atom is -0.293 e. The van der Waals surface area contributed by atoms with E-state index in [9.17, 15) is 0 Å². The van der Waals surface area contributed by atoms with E-state index in [1.807, 2.05) is 6.21 Å². The zero-order valence-corrected chi connectivity index (χ0v) is 17.7. The number of aliphatic imine (C=N–C) groups is 1. The van der Waals surface area contributed by atoms with Crippen LogP contribution in [0.3, 0.4) is 0 Å². The van der Waals surface area contributed by atoms with Gasteiger partial charge in [0.2, 0.25) is 0 Å². The molecule has 0 N–H and O–H groups in total. The molecular weight excluding hydrogens is 338 g/mol. The summed E-state index contributed by atoms with van der Waals surface area (Å²) in [7, 11) is 0. The van der Waals surface area contributed by atoms with Crippen molar-refractivity contribution in [3.05, 3.63) is 107 Å². The molecule has 0 aliphatic carbocycles. The monoisotopic (exact) mass is 369 g/mol. The smallest absolute Gasteiger partial charge is 0.0361 e. The summed E-state index contributed by atoms with van der Waals surface area (Å²) in [4.78, 5) is 4.51. The van der Waals surface area contributed by atoms with Crippen LogP contribution >= 0.6 is 0 Å². The first-order chi connectivity index (χ1) is 13.4. The summed E-state index contributed by atoms with van der Waals surface area (Å²) in [5.74, 6) is 0. The summed E-state index contributed by atoms with van der Waals surface area (Å²) >= 11 is 0. The first-order valence-corrected chi connectivity index (χ1v) is 10.1. The van der Waals surface area contributed by atoms with Crippen LogP contribution in [0, 0.1) is 0 Å². The topological polar surface area (TPSA) is 12.4 Å². The van der Waals surface area contributed by atoms with Crippen LogP contribution in [0.4, 0.5) is 0 Å². The summed E-state index contributed by atoms with van der Waals surface area (Å²) in [5.41, 5.74) is 6.28. The molecule has 0 bridgehead atoms. The standard InChI is InChI=1S/C27H31N/c1-6-28-20-21-17-24(26(2,3)22-13-9-7-10-14-22)19-25(18-21)27(4,5)23-15-11-8-12-16-23/h7-20H,6H2,1-5H3. The molecule has 0 atom stereocenters. The fourth-order valence-electron chi connectivity index (χ4n) is 3.69. The van der Waals surface area contributed by atoms with Crippen LogP contribution in [0.5, 0.6) is 0 Å². The van der Waals surface area contributed by atoms with E-state index in [0.717, 1.165) is 6.54 Å². The molecule has 0 fully saturated rings. The minimum absolute atomic E-state index is 0.0845. The first-order valence-electron chi connectivity index (χ1n) is 10.1. The normalized spacial score (nSPS) is 12.5. The third-order valence-electron chi connectivity index (χ3n) is 5.81. The molecule has 3 rings (SSSR count). The Kier molecular flexibility index (Phi) is 5.84. The molecule has 144 valence electrons. The third kappa shape index (κ3) is 4.09. The maximum absolute atomic E-state index is 4.51. The van der Waals surface area contributed by atoms with Gasteiger partial charge >= 0.3 is 0 Å². The zero-order valence-electron chi connectivity index (χ0n) is 17.7. The van der Waals surface area contributed by atoms with E-state index in [1.54, 1.807) is 0 Å². The molecule has 0 unspecified atom stereocenters. The summed E-state index contributed by atoms with van der Waals surface area (Å²) in [6.45, 7) is 12.1. The number of hydrogen-bond acceptors (Lipinski definition) is 1. The lowest BCUT2D eigenvalue weighted by atomic mass is 9.72. The van der Waals surface area contributed by atoms with Crippen LogP contribution in [0.25, 0.3) is 0 Å². The molecule has 0 radical (unpaired) electrons. The lowest BCUT2D eigenvalue weighted by molar-refractivity contribution is 0.617. The van der Waals surface area contributed by atoms with Gasteiger partial charge in [0.05, 0.1) is 0 Å². The molecule has 0 amide bonds. The predicted molar refractivity (Wildman–Crippen MR) is 122 cm³/mol. The van der Waals surface area contributed by atoms with Gasteiger partial charge in [-0.3, -0.25) is 4.99 Å². The lowest BCUT2D eigenvalue weighted by Gasteiger charge is -2.31. The fourth-order valence-corrected chi connectivity index (χ4v) is 3.69. The Bertz CT molecular complexity index is 865. The molecular formula is C27H31N. The average molecular weight is 370 g/mol. The summed E-state index contributed by atoms with van der Waals surface area (Å²) in [6, 6.07) is 28.5. The summed E-state index contributed by atoms with van der Waals surface area (Å²) < 4.78 is 0. The fraction of sp³-hybridized carbons (Fsp3) is 0.296. The second-order valence-corrected chi connectivity index (χ2v) is 8.45. The van der Waals surface area contributed by atoms with Gasteiger partial charge in [0.15, 0.2) is 0 Å². The molecule has 3 aromatic rings. The Morgan fingerprint density at radius 3 is 1.46 bits per heavy atom. The van der Waals surface area contributed by atoms with Crippen LogP contribution in [0.1, 0.15) is 62.4 Å². The molecule has 0 aromatic heterocycles. The average Bonchev–Trinajstić information content (AvgIpc) is 2.73. The molecule has 1 nitrogen and oxygen atoms in total. The van der Waals surface area contributed by atoms with Gasteiger partial charge in [-0.2, -0.15) is 0 Å². The molecule has 0 heterocycles. The quantitative estimate of drug-likeness (QED) is 0.425. The Morgan fingerprint density at radius 1 is 0.643 bits per heavy atom. The highest BCUT2D eigenvalue weighted by molar-refractivity contribution is 5.80. The van der Waals surface area contributed by atoms with Gasteiger partial charge in [0.1, 0.15) is 0 Å². The van der Waals surface area contributed by atoms with Crippen molar-refractivity contribution in [1.29, 1.82) is 0 Å². The van der Waals surface area contributed by atoms with Gasteiger partial charge in [-0.1, -0.05) is 94.4 Å². The number of rotatable bonds is 6. The van der Waals surface area contributed by atoms with Crippen molar-refractivity contribution in [2.75, 3.05) is 6.54 Å². The molecule has 28 heavy (non-hydrogen) atoms. The molecule has 0 spiro atoms. The number of nitrogens with zero attached hydrogens (tertiary/aromatic N) is 1. The highest BCUT2D eigenvalue weighted by Gasteiger charge is 2.28. The summed E-state index contributed by atoms with van der Waals surface area (Å²) in [5, 5.41) is 0. The van der Waals surface area contributed by atoms with E-state index in [0.29, 0.717) is 0 Å². The SMILES string of the molecule is CCN=Cc1cc(C(C)(C)c2ccccc2)cc(C(C)(C)c2ccccc2)c1. The van der Waals surface area contributed by atoms with Crippen molar-refractivity contribution in [3.63, 3.8) is 0 Å². The van der Waals surface area contributed by atoms with Crippen molar-refractivity contribution >= 4 is 6.21 Å². The van der Waals surface area contributed by atoms with Gasteiger partial charge in [-0.05, 0) is 46.9 Å². The Balaban J connectivity index is 2.16. The van der Waals surface area contributed by atoms with Crippen LogP contribution < -0.4 is 0 Å². The van der Waals surface area contributed by atoms with E-state index in [1.165, 1.54) is 27.8 Å². The summed E-state index contributed by atoms with van der Waals surface area (Å²) in [6.07, 6.45) is 2.01. The number of benzene rings is 3. The van der Waals surface area contributed by atoms with E-state index >= 15 is 0 Å². The van der Waals surface area contributed by atoms with Crippen LogP contribution in [-0.4, -0.2) is 12.8 Å². The molecule has 1 heteroatoms. The molecule has 3 aromatic carbocycles. The second-order valence-electron chi connectivity index (χ2n) is 8.45. The highest BCUT2D eigenvalue weighted by atomic mass is 14.7. The van der Waals surface area contributed by atoms with Gasteiger partial charge in [-0.25, -0.2) is 0 Å². The zero-order chi connectivity index (χ0) is 20.2. The van der Waals surface area contributed by atoms with Gasteiger partial charge in [0, 0.05) is 23.6 Å². The highest BCUT2D eigenvalue weighted by Crippen LogP contribution is 2.37. The Morgan fingerprint density at radius 2 is 1.07 bits per heavy atom. The largest absolute Gasteiger partial charge is 0.293 e. The minimum atomic E-state index is -0.0845. The van der Waals surface area contributed by atoms with E-state index in [-0.39, 0.29) is 10.8 Å². The van der Waals surface area contributed by atoms with Crippen LogP contribution in [0.15, 0.2) is 83.9 Å². The van der Waals surface area contributed by atoms with Gasteiger partial charge in [0.25, 0.3) is 0 Å². The molecule has 0 aliphatic heterocycles. The number of hydrogen-bond donors (Lipinski definition) is 0. The maximum atomic E-state index is 4.51. The van der Waals surface area contributed by atoms with Crippen LogP contribution in [-0.2, 0) is 10.8 Å². The molecule has 0 saturated heterocycles. The van der Waals surface area contributed by atoms with Crippen molar-refractivity contribution in [3.8, 4) is 0 Å². The Labute approximate surface area is 170 Å². The lowest BCUT2D eigenvalue weighted by Crippen LogP contribution is -2.23. The van der Waals surface area contributed by atoms with Gasteiger partial charge < -0.3 is 0 Å². The first kappa shape index (κ1) is 20.1. The third-order valence-corrected chi connectivity index (χ3v) is 5.81. The van der Waals surface area contributed by atoms with E-state index in [2.05, 4.69) is 118 Å². The van der Waals surface area contributed by atoms with Crippen LogP contribution in [0.2, 0.25) is 0 Å².